The molecule has 0 spiro atoms. The minimum atomic E-state index is -0.413. The van der Waals surface area contributed by atoms with Gasteiger partial charge in [-0.15, -0.1) is 11.3 Å². The number of fused-ring (bicyclic) bond motifs is 1. The van der Waals surface area contributed by atoms with Gasteiger partial charge in [0.2, 0.25) is 0 Å². The summed E-state index contributed by atoms with van der Waals surface area (Å²) in [6.07, 6.45) is 0. The second-order valence-corrected chi connectivity index (χ2v) is 5.54. The number of hydrogen-bond acceptors (Lipinski definition) is 5. The SMILES string of the molecule is COC(=O)c1ccc(NC(=O)c2nc3ccccc3s2)cc1. The van der Waals surface area contributed by atoms with Crippen LogP contribution < -0.4 is 5.32 Å². The Hall–Kier alpha value is -2.73. The summed E-state index contributed by atoms with van der Waals surface area (Å²) >= 11 is 1.34. The molecule has 0 radical (unpaired) electrons. The van der Waals surface area contributed by atoms with Crippen molar-refractivity contribution in [3.63, 3.8) is 0 Å². The Morgan fingerprint density at radius 2 is 1.82 bits per heavy atom. The number of methoxy groups -OCH3 is 1. The maximum atomic E-state index is 12.2. The maximum absolute atomic E-state index is 12.2. The van der Waals surface area contributed by atoms with Crippen molar-refractivity contribution < 1.29 is 14.3 Å². The molecule has 0 aliphatic rings. The van der Waals surface area contributed by atoms with Crippen LogP contribution in [-0.2, 0) is 4.74 Å². The predicted octanol–water partition coefficient (Wildman–Crippen LogP) is 3.34. The molecule has 5 nitrogen and oxygen atoms in total. The Bertz CT molecular complexity index is 807. The smallest absolute Gasteiger partial charge is 0.337 e. The van der Waals surface area contributed by atoms with Crippen LogP contribution in [0.3, 0.4) is 0 Å². The highest BCUT2D eigenvalue weighted by molar-refractivity contribution is 7.20. The normalized spacial score (nSPS) is 10.4. The van der Waals surface area contributed by atoms with Crippen molar-refractivity contribution in [2.45, 2.75) is 0 Å². The zero-order valence-electron chi connectivity index (χ0n) is 11.7. The largest absolute Gasteiger partial charge is 0.465 e. The Labute approximate surface area is 130 Å². The van der Waals surface area contributed by atoms with Gasteiger partial charge in [-0.3, -0.25) is 4.79 Å². The summed E-state index contributed by atoms with van der Waals surface area (Å²) in [5, 5.41) is 3.16. The lowest BCUT2D eigenvalue weighted by Crippen LogP contribution is -2.11. The Morgan fingerprint density at radius 3 is 2.50 bits per heavy atom. The highest BCUT2D eigenvalue weighted by atomic mass is 32.1. The van der Waals surface area contributed by atoms with E-state index in [0.717, 1.165) is 10.2 Å². The second-order valence-electron chi connectivity index (χ2n) is 4.51. The van der Waals surface area contributed by atoms with E-state index < -0.39 is 5.97 Å². The zero-order valence-corrected chi connectivity index (χ0v) is 12.5. The van der Waals surface area contributed by atoms with Gasteiger partial charge in [-0.25, -0.2) is 9.78 Å². The van der Waals surface area contributed by atoms with Gasteiger partial charge in [0.05, 0.1) is 22.9 Å². The van der Waals surface area contributed by atoms with Crippen molar-refractivity contribution in [3.05, 3.63) is 59.1 Å². The number of hydrogen-bond donors (Lipinski definition) is 1. The number of ether oxygens (including phenoxy) is 1. The number of carbonyl (C=O) groups excluding carboxylic acids is 2. The first-order valence-electron chi connectivity index (χ1n) is 6.52. The van der Waals surface area contributed by atoms with Crippen LogP contribution in [0.1, 0.15) is 20.2 Å². The second kappa shape index (κ2) is 5.95. The monoisotopic (exact) mass is 312 g/mol. The Balaban J connectivity index is 1.77. The van der Waals surface area contributed by atoms with E-state index in [9.17, 15) is 9.59 Å². The molecule has 0 aliphatic carbocycles. The average molecular weight is 312 g/mol. The van der Waals surface area contributed by atoms with Gasteiger partial charge in [0.1, 0.15) is 0 Å². The van der Waals surface area contributed by atoms with Gasteiger partial charge >= 0.3 is 5.97 Å². The lowest BCUT2D eigenvalue weighted by Gasteiger charge is -2.04. The van der Waals surface area contributed by atoms with Crippen LogP contribution in [0.5, 0.6) is 0 Å². The summed E-state index contributed by atoms with van der Waals surface area (Å²) in [5.41, 5.74) is 1.83. The molecule has 1 amide bonds. The van der Waals surface area contributed by atoms with Crippen LogP contribution in [0, 0.1) is 0 Å². The van der Waals surface area contributed by atoms with Gasteiger partial charge in [-0.05, 0) is 36.4 Å². The fourth-order valence-corrected chi connectivity index (χ4v) is 2.82. The minimum Gasteiger partial charge on any atom is -0.465 e. The molecule has 0 saturated heterocycles. The fourth-order valence-electron chi connectivity index (χ4n) is 1.96. The van der Waals surface area contributed by atoms with Crippen molar-refractivity contribution in [1.29, 1.82) is 0 Å². The Kier molecular flexibility index (Phi) is 3.84. The number of anilines is 1. The van der Waals surface area contributed by atoms with Gasteiger partial charge in [-0.1, -0.05) is 12.1 Å². The highest BCUT2D eigenvalue weighted by Crippen LogP contribution is 2.22. The average Bonchev–Trinajstić information content (AvgIpc) is 2.99. The number of nitrogens with zero attached hydrogens (tertiary/aromatic N) is 1. The number of nitrogens with one attached hydrogen (secondary N) is 1. The van der Waals surface area contributed by atoms with Gasteiger partial charge < -0.3 is 10.1 Å². The van der Waals surface area contributed by atoms with Crippen molar-refractivity contribution >= 4 is 39.1 Å². The lowest BCUT2D eigenvalue weighted by molar-refractivity contribution is 0.0600. The van der Waals surface area contributed by atoms with Crippen LogP contribution in [-0.4, -0.2) is 24.0 Å². The number of thiazole rings is 1. The molecule has 1 heterocycles. The van der Waals surface area contributed by atoms with Crippen LogP contribution in [0.25, 0.3) is 10.2 Å². The molecule has 0 unspecified atom stereocenters. The van der Waals surface area contributed by atoms with E-state index in [1.165, 1.54) is 18.4 Å². The molecule has 0 aliphatic heterocycles. The number of carbonyl (C=O) groups is 2. The summed E-state index contributed by atoms with van der Waals surface area (Å²) in [4.78, 5) is 27.9. The third kappa shape index (κ3) is 2.82. The van der Waals surface area contributed by atoms with Crippen LogP contribution in [0.4, 0.5) is 5.69 Å². The molecule has 0 bridgehead atoms. The van der Waals surface area contributed by atoms with E-state index in [4.69, 9.17) is 0 Å². The predicted molar refractivity (Wildman–Crippen MR) is 85.4 cm³/mol. The standard InChI is InChI=1S/C16H12N2O3S/c1-21-16(20)10-6-8-11(9-7-10)17-14(19)15-18-12-4-2-3-5-13(12)22-15/h2-9H,1H3,(H,17,19). The van der Waals surface area contributed by atoms with E-state index >= 15 is 0 Å². The van der Waals surface area contributed by atoms with Gasteiger partial charge in [0.25, 0.3) is 5.91 Å². The van der Waals surface area contributed by atoms with Crippen molar-refractivity contribution in [3.8, 4) is 0 Å². The van der Waals surface area contributed by atoms with E-state index in [0.29, 0.717) is 16.3 Å². The van der Waals surface area contributed by atoms with Gasteiger partial charge in [0, 0.05) is 5.69 Å². The molecule has 0 saturated carbocycles. The van der Waals surface area contributed by atoms with E-state index in [1.807, 2.05) is 24.3 Å². The highest BCUT2D eigenvalue weighted by Gasteiger charge is 2.12. The number of amides is 1. The topological polar surface area (TPSA) is 68.3 Å². The maximum Gasteiger partial charge on any atom is 0.337 e. The minimum absolute atomic E-state index is 0.271. The summed E-state index contributed by atoms with van der Waals surface area (Å²) < 4.78 is 5.59. The van der Waals surface area contributed by atoms with E-state index in [2.05, 4.69) is 15.0 Å². The summed E-state index contributed by atoms with van der Waals surface area (Å²) in [6, 6.07) is 14.1. The Morgan fingerprint density at radius 1 is 1.09 bits per heavy atom. The number of rotatable bonds is 3. The quantitative estimate of drug-likeness (QED) is 0.753. The number of aromatic nitrogens is 1. The third-order valence-electron chi connectivity index (χ3n) is 3.05. The van der Waals surface area contributed by atoms with E-state index in [1.54, 1.807) is 24.3 Å². The molecule has 2 aromatic carbocycles. The lowest BCUT2D eigenvalue weighted by atomic mass is 10.2. The molecular weight excluding hydrogens is 300 g/mol. The van der Waals surface area contributed by atoms with Crippen LogP contribution in [0.2, 0.25) is 0 Å². The molecule has 0 fully saturated rings. The number of para-hydroxylation sites is 1. The summed E-state index contributed by atoms with van der Waals surface area (Å²) in [5.74, 6) is -0.684. The molecule has 0 atom stereocenters. The first kappa shape index (κ1) is 14.2. The fraction of sp³-hybridized carbons (Fsp3) is 0.0625. The van der Waals surface area contributed by atoms with Gasteiger partial charge in [0.15, 0.2) is 5.01 Å². The van der Waals surface area contributed by atoms with Crippen LogP contribution in [0.15, 0.2) is 48.5 Å². The number of benzene rings is 2. The molecule has 110 valence electrons. The molecule has 22 heavy (non-hydrogen) atoms. The molecule has 3 aromatic rings. The zero-order chi connectivity index (χ0) is 15.5. The summed E-state index contributed by atoms with van der Waals surface area (Å²) in [6.45, 7) is 0. The molecular formula is C16H12N2O3S. The molecule has 1 N–H and O–H groups in total. The summed E-state index contributed by atoms with van der Waals surface area (Å²) in [7, 11) is 1.32. The molecule has 1 aromatic heterocycles. The molecule has 3 rings (SSSR count). The number of esters is 1. The first-order valence-corrected chi connectivity index (χ1v) is 7.34. The first-order chi connectivity index (χ1) is 10.7. The van der Waals surface area contributed by atoms with Crippen molar-refractivity contribution in [2.75, 3.05) is 12.4 Å². The van der Waals surface area contributed by atoms with Crippen molar-refractivity contribution in [2.24, 2.45) is 0 Å². The van der Waals surface area contributed by atoms with E-state index in [-0.39, 0.29) is 5.91 Å². The molecule has 6 heteroatoms. The van der Waals surface area contributed by atoms with Crippen molar-refractivity contribution in [1.82, 2.24) is 4.98 Å². The van der Waals surface area contributed by atoms with Gasteiger partial charge in [-0.2, -0.15) is 0 Å². The van der Waals surface area contributed by atoms with Crippen LogP contribution >= 0.6 is 11.3 Å². The third-order valence-corrected chi connectivity index (χ3v) is 4.09.